The van der Waals surface area contributed by atoms with Gasteiger partial charge < -0.3 is 4.90 Å². The van der Waals surface area contributed by atoms with Gasteiger partial charge in [-0.05, 0) is 32.3 Å². The van der Waals surface area contributed by atoms with Gasteiger partial charge in [-0.25, -0.2) is 9.97 Å². The summed E-state index contributed by atoms with van der Waals surface area (Å²) in [5, 5.41) is 0. The van der Waals surface area contributed by atoms with E-state index in [0.29, 0.717) is 5.92 Å². The molecule has 1 atom stereocenters. The van der Waals surface area contributed by atoms with Crippen molar-refractivity contribution < 1.29 is 0 Å². The van der Waals surface area contributed by atoms with Crippen molar-refractivity contribution in [3.8, 4) is 0 Å². The molecule has 82 valence electrons. The van der Waals surface area contributed by atoms with Crippen LogP contribution in [0.25, 0.3) is 0 Å². The van der Waals surface area contributed by atoms with Crippen LogP contribution in [0.4, 0.5) is 5.95 Å². The number of hydrogen-bond donors (Lipinski definition) is 0. The zero-order valence-corrected chi connectivity index (χ0v) is 9.96. The topological polar surface area (TPSA) is 29.0 Å². The molecule has 15 heavy (non-hydrogen) atoms. The molecule has 1 fully saturated rings. The van der Waals surface area contributed by atoms with Gasteiger partial charge in [-0.1, -0.05) is 0 Å². The number of aryl methyl sites for hydroxylation is 2. The first-order chi connectivity index (χ1) is 7.19. The molecule has 1 saturated heterocycles. The van der Waals surface area contributed by atoms with E-state index in [2.05, 4.69) is 14.9 Å². The highest BCUT2D eigenvalue weighted by molar-refractivity contribution is 6.18. The van der Waals surface area contributed by atoms with E-state index in [4.69, 9.17) is 11.6 Å². The highest BCUT2D eigenvalue weighted by atomic mass is 35.5. The molecule has 1 unspecified atom stereocenters. The van der Waals surface area contributed by atoms with Gasteiger partial charge in [0.25, 0.3) is 0 Å². The summed E-state index contributed by atoms with van der Waals surface area (Å²) in [7, 11) is 0. The van der Waals surface area contributed by atoms with Gasteiger partial charge in [0.1, 0.15) is 0 Å². The van der Waals surface area contributed by atoms with Crippen molar-refractivity contribution in [3.63, 3.8) is 0 Å². The van der Waals surface area contributed by atoms with Crippen molar-refractivity contribution in [1.29, 1.82) is 0 Å². The molecule has 1 aromatic heterocycles. The van der Waals surface area contributed by atoms with Crippen LogP contribution in [0.5, 0.6) is 0 Å². The largest absolute Gasteiger partial charge is 0.340 e. The molecule has 0 spiro atoms. The Morgan fingerprint density at radius 1 is 1.40 bits per heavy atom. The van der Waals surface area contributed by atoms with Gasteiger partial charge in [0, 0.05) is 30.4 Å². The summed E-state index contributed by atoms with van der Waals surface area (Å²) in [6, 6.07) is 2.00. The van der Waals surface area contributed by atoms with Gasteiger partial charge in [-0.3, -0.25) is 0 Å². The zero-order chi connectivity index (χ0) is 10.8. The minimum Gasteiger partial charge on any atom is -0.340 e. The number of anilines is 1. The fourth-order valence-electron chi connectivity index (χ4n) is 1.99. The van der Waals surface area contributed by atoms with Crippen LogP contribution in [0.1, 0.15) is 17.8 Å². The van der Waals surface area contributed by atoms with Crippen LogP contribution < -0.4 is 4.90 Å². The maximum absolute atomic E-state index is 5.86. The predicted octanol–water partition coefficient (Wildman–Crippen LogP) is 2.16. The van der Waals surface area contributed by atoms with Crippen molar-refractivity contribution in [2.24, 2.45) is 5.92 Å². The molecule has 3 nitrogen and oxygen atoms in total. The average Bonchev–Trinajstić information content (AvgIpc) is 2.64. The van der Waals surface area contributed by atoms with Crippen LogP contribution in [0.15, 0.2) is 6.07 Å². The third-order valence-corrected chi connectivity index (χ3v) is 3.19. The van der Waals surface area contributed by atoms with Crippen LogP contribution in [0, 0.1) is 19.8 Å². The summed E-state index contributed by atoms with van der Waals surface area (Å²) in [5.41, 5.74) is 2.07. The Kier molecular flexibility index (Phi) is 3.10. The Labute approximate surface area is 95.5 Å². The molecule has 0 aromatic carbocycles. The fourth-order valence-corrected chi connectivity index (χ4v) is 2.24. The molecule has 0 aliphatic carbocycles. The van der Waals surface area contributed by atoms with Crippen molar-refractivity contribution in [2.45, 2.75) is 20.3 Å². The molecule has 1 aliphatic heterocycles. The maximum atomic E-state index is 5.86. The lowest BCUT2D eigenvalue weighted by Gasteiger charge is -2.16. The first-order valence-corrected chi connectivity index (χ1v) is 5.85. The van der Waals surface area contributed by atoms with E-state index in [9.17, 15) is 0 Å². The number of rotatable bonds is 2. The minimum atomic E-state index is 0.594. The standard InChI is InChI=1S/C11H16ClN3/c1-8-5-9(2)14-11(13-8)15-4-3-10(6-12)7-15/h5,10H,3-4,6-7H2,1-2H3. The predicted molar refractivity (Wildman–Crippen MR) is 62.5 cm³/mol. The Balaban J connectivity index is 2.16. The van der Waals surface area contributed by atoms with E-state index in [1.807, 2.05) is 19.9 Å². The molecule has 2 rings (SSSR count). The number of halogens is 1. The van der Waals surface area contributed by atoms with E-state index in [1.165, 1.54) is 0 Å². The highest BCUT2D eigenvalue weighted by Gasteiger charge is 2.23. The van der Waals surface area contributed by atoms with E-state index in [1.54, 1.807) is 0 Å². The molecule has 0 amide bonds. The minimum absolute atomic E-state index is 0.594. The molecule has 1 aliphatic rings. The second-order valence-electron chi connectivity index (χ2n) is 4.21. The molecule has 0 radical (unpaired) electrons. The van der Waals surface area contributed by atoms with E-state index >= 15 is 0 Å². The van der Waals surface area contributed by atoms with Crippen LogP contribution in [-0.2, 0) is 0 Å². The normalized spacial score (nSPS) is 21.0. The van der Waals surface area contributed by atoms with Crippen molar-refractivity contribution in [3.05, 3.63) is 17.5 Å². The molecule has 2 heterocycles. The second-order valence-corrected chi connectivity index (χ2v) is 4.51. The average molecular weight is 226 g/mol. The lowest BCUT2D eigenvalue weighted by atomic mass is 10.2. The highest BCUT2D eigenvalue weighted by Crippen LogP contribution is 2.21. The van der Waals surface area contributed by atoms with Crippen LogP contribution in [0.2, 0.25) is 0 Å². The lowest BCUT2D eigenvalue weighted by molar-refractivity contribution is 0.665. The third kappa shape index (κ3) is 2.40. The summed E-state index contributed by atoms with van der Waals surface area (Å²) in [4.78, 5) is 11.1. The molecule has 1 aromatic rings. The summed E-state index contributed by atoms with van der Waals surface area (Å²) in [6.07, 6.45) is 1.15. The summed E-state index contributed by atoms with van der Waals surface area (Å²) < 4.78 is 0. The van der Waals surface area contributed by atoms with Gasteiger partial charge in [0.15, 0.2) is 0 Å². The van der Waals surface area contributed by atoms with Crippen molar-refractivity contribution in [1.82, 2.24) is 9.97 Å². The third-order valence-electron chi connectivity index (χ3n) is 2.76. The number of alkyl halides is 1. The summed E-state index contributed by atoms with van der Waals surface area (Å²) >= 11 is 5.86. The number of aromatic nitrogens is 2. The maximum Gasteiger partial charge on any atom is 0.225 e. The smallest absolute Gasteiger partial charge is 0.225 e. The van der Waals surface area contributed by atoms with E-state index in [0.717, 1.165) is 42.7 Å². The van der Waals surface area contributed by atoms with Gasteiger partial charge in [-0.15, -0.1) is 11.6 Å². The van der Waals surface area contributed by atoms with Crippen LogP contribution >= 0.6 is 11.6 Å². The van der Waals surface area contributed by atoms with Gasteiger partial charge in [-0.2, -0.15) is 0 Å². The summed E-state index contributed by atoms with van der Waals surface area (Å²) in [6.45, 7) is 6.03. The van der Waals surface area contributed by atoms with E-state index in [-0.39, 0.29) is 0 Å². The SMILES string of the molecule is Cc1cc(C)nc(N2CCC(CCl)C2)n1. The van der Waals surface area contributed by atoms with Gasteiger partial charge in [0.2, 0.25) is 5.95 Å². The quantitative estimate of drug-likeness (QED) is 0.723. The van der Waals surface area contributed by atoms with Crippen LogP contribution in [-0.4, -0.2) is 28.9 Å². The first-order valence-electron chi connectivity index (χ1n) is 5.32. The van der Waals surface area contributed by atoms with Crippen LogP contribution in [0.3, 0.4) is 0 Å². The molecular formula is C11H16ClN3. The Morgan fingerprint density at radius 3 is 2.60 bits per heavy atom. The Morgan fingerprint density at radius 2 is 2.07 bits per heavy atom. The second kappa shape index (κ2) is 4.35. The fraction of sp³-hybridized carbons (Fsp3) is 0.636. The van der Waals surface area contributed by atoms with Crippen molar-refractivity contribution >= 4 is 17.5 Å². The van der Waals surface area contributed by atoms with E-state index < -0.39 is 0 Å². The molecular weight excluding hydrogens is 210 g/mol. The Bertz CT molecular complexity index is 333. The molecule has 0 N–H and O–H groups in total. The first kappa shape index (κ1) is 10.7. The van der Waals surface area contributed by atoms with Gasteiger partial charge >= 0.3 is 0 Å². The van der Waals surface area contributed by atoms with Gasteiger partial charge in [0.05, 0.1) is 0 Å². The lowest BCUT2D eigenvalue weighted by Crippen LogP contribution is -2.22. The molecule has 0 bridgehead atoms. The Hall–Kier alpha value is -0.830. The van der Waals surface area contributed by atoms with Crippen molar-refractivity contribution in [2.75, 3.05) is 23.9 Å². The monoisotopic (exact) mass is 225 g/mol. The molecule has 4 heteroatoms. The number of hydrogen-bond acceptors (Lipinski definition) is 3. The zero-order valence-electron chi connectivity index (χ0n) is 9.20. The number of nitrogens with zero attached hydrogens (tertiary/aromatic N) is 3. The summed E-state index contributed by atoms with van der Waals surface area (Å²) in [5.74, 6) is 2.19. The molecule has 0 saturated carbocycles.